The topological polar surface area (TPSA) is 46.2 Å². The molecule has 112 valence electrons. The molecule has 3 nitrogen and oxygen atoms in total. The van der Waals surface area contributed by atoms with E-state index in [-0.39, 0.29) is 26.5 Å². The van der Waals surface area contributed by atoms with Crippen molar-refractivity contribution in [2.75, 3.05) is 0 Å². The smallest absolute Gasteiger partial charge is 0.207 e. The van der Waals surface area contributed by atoms with E-state index in [0.717, 1.165) is 11.1 Å². The van der Waals surface area contributed by atoms with Gasteiger partial charge in [-0.2, -0.15) is 0 Å². The van der Waals surface area contributed by atoms with E-state index in [9.17, 15) is 8.42 Å². The van der Waals surface area contributed by atoms with Crippen molar-refractivity contribution in [2.45, 2.75) is 18.4 Å². The molecular weight excluding hydrogens is 353 g/mol. The molecule has 0 amide bonds. The molecule has 0 bridgehead atoms. The van der Waals surface area contributed by atoms with Crippen molar-refractivity contribution in [3.63, 3.8) is 0 Å². The van der Waals surface area contributed by atoms with Crippen LogP contribution in [0.5, 0.6) is 0 Å². The van der Waals surface area contributed by atoms with Gasteiger partial charge in [0.15, 0.2) is 0 Å². The largest absolute Gasteiger partial charge is 0.242 e. The van der Waals surface area contributed by atoms with Crippen LogP contribution in [-0.2, 0) is 16.6 Å². The third-order valence-corrected chi connectivity index (χ3v) is 5.44. The van der Waals surface area contributed by atoms with Gasteiger partial charge in [0.2, 0.25) is 10.0 Å². The lowest BCUT2D eigenvalue weighted by atomic mass is 10.2. The molecule has 0 aliphatic carbocycles. The zero-order valence-corrected chi connectivity index (χ0v) is 14.1. The minimum absolute atomic E-state index is 0.0285. The molecule has 0 aliphatic heterocycles. The van der Waals surface area contributed by atoms with Gasteiger partial charge in [-0.25, -0.2) is 13.1 Å². The Balaban J connectivity index is 2.22. The fourth-order valence-corrected chi connectivity index (χ4v) is 3.69. The Bertz CT molecular complexity index is 759. The number of halogens is 3. The lowest BCUT2D eigenvalue weighted by molar-refractivity contribution is 0.581. The summed E-state index contributed by atoms with van der Waals surface area (Å²) in [6, 6.07) is 10.1. The van der Waals surface area contributed by atoms with Crippen LogP contribution in [0.25, 0.3) is 0 Å². The van der Waals surface area contributed by atoms with Crippen LogP contribution in [0.3, 0.4) is 0 Å². The maximum atomic E-state index is 12.3. The second-order valence-corrected chi connectivity index (χ2v) is 7.46. The Hall–Kier alpha value is -0.780. The molecule has 21 heavy (non-hydrogen) atoms. The van der Waals surface area contributed by atoms with Crippen LogP contribution in [0.2, 0.25) is 15.1 Å². The fourth-order valence-electron chi connectivity index (χ4n) is 1.67. The molecule has 0 heterocycles. The fraction of sp³-hybridized carbons (Fsp3) is 0.143. The molecule has 1 N–H and O–H groups in total. The van der Waals surface area contributed by atoms with Gasteiger partial charge in [0.1, 0.15) is 4.90 Å². The third-order valence-electron chi connectivity index (χ3n) is 2.85. The molecular formula is C14H12Cl3NO2S. The van der Waals surface area contributed by atoms with Crippen LogP contribution in [0.4, 0.5) is 0 Å². The molecule has 0 saturated carbocycles. The molecule has 0 saturated heterocycles. The van der Waals surface area contributed by atoms with Crippen LogP contribution in [0.1, 0.15) is 11.1 Å². The first kappa shape index (κ1) is 16.6. The molecule has 0 aliphatic rings. The average Bonchev–Trinajstić information content (AvgIpc) is 2.42. The number of hydrogen-bond donors (Lipinski definition) is 1. The Kier molecular flexibility index (Phi) is 5.17. The molecule has 2 rings (SSSR count). The summed E-state index contributed by atoms with van der Waals surface area (Å²) in [4.78, 5) is -0.0920. The van der Waals surface area contributed by atoms with Crippen molar-refractivity contribution in [3.05, 3.63) is 62.6 Å². The van der Waals surface area contributed by atoms with Gasteiger partial charge in [-0.1, -0.05) is 64.6 Å². The van der Waals surface area contributed by atoms with Gasteiger partial charge in [0.05, 0.1) is 15.1 Å². The highest BCUT2D eigenvalue weighted by Gasteiger charge is 2.19. The molecule has 0 spiro atoms. The van der Waals surface area contributed by atoms with E-state index in [0.29, 0.717) is 0 Å². The lowest BCUT2D eigenvalue weighted by Crippen LogP contribution is -2.23. The quantitative estimate of drug-likeness (QED) is 0.816. The van der Waals surface area contributed by atoms with E-state index < -0.39 is 10.0 Å². The average molecular weight is 365 g/mol. The normalized spacial score (nSPS) is 11.6. The Labute approximate surface area is 138 Å². The van der Waals surface area contributed by atoms with Crippen molar-refractivity contribution in [1.29, 1.82) is 0 Å². The first-order valence-corrected chi connectivity index (χ1v) is 8.61. The Morgan fingerprint density at radius 3 is 2.14 bits per heavy atom. The van der Waals surface area contributed by atoms with Crippen molar-refractivity contribution in [3.8, 4) is 0 Å². The van der Waals surface area contributed by atoms with Crippen LogP contribution in [-0.4, -0.2) is 8.42 Å². The van der Waals surface area contributed by atoms with Gasteiger partial charge in [-0.3, -0.25) is 0 Å². The number of benzene rings is 2. The van der Waals surface area contributed by atoms with E-state index >= 15 is 0 Å². The van der Waals surface area contributed by atoms with Crippen molar-refractivity contribution in [1.82, 2.24) is 4.72 Å². The summed E-state index contributed by atoms with van der Waals surface area (Å²) in [5.74, 6) is 0. The van der Waals surface area contributed by atoms with Gasteiger partial charge >= 0.3 is 0 Å². The number of hydrogen-bond acceptors (Lipinski definition) is 2. The molecule has 7 heteroatoms. The third kappa shape index (κ3) is 4.11. The standard InChI is InChI=1S/C14H12Cl3NO2S/c1-9-2-4-10(5-3-9)8-18-21(19,20)14-7-12(16)11(15)6-13(14)17/h2-7,18H,8H2,1H3. The first-order valence-electron chi connectivity index (χ1n) is 5.99. The van der Waals surface area contributed by atoms with E-state index in [1.54, 1.807) is 0 Å². The maximum Gasteiger partial charge on any atom is 0.242 e. The highest BCUT2D eigenvalue weighted by atomic mass is 35.5. The first-order chi connectivity index (χ1) is 9.79. The summed E-state index contributed by atoms with van der Waals surface area (Å²) in [5.41, 5.74) is 1.95. The predicted octanol–water partition coefficient (Wildman–Crippen LogP) is 4.43. The lowest BCUT2D eigenvalue weighted by Gasteiger charge is -2.10. The molecule has 0 unspecified atom stereocenters. The molecule has 2 aromatic rings. The summed E-state index contributed by atoms with van der Waals surface area (Å²) in [5, 5.41) is 0.372. The summed E-state index contributed by atoms with van der Waals surface area (Å²) >= 11 is 17.6. The highest BCUT2D eigenvalue weighted by Crippen LogP contribution is 2.31. The van der Waals surface area contributed by atoms with Crippen LogP contribution in [0, 0.1) is 6.92 Å². The number of rotatable bonds is 4. The number of sulfonamides is 1. The zero-order chi connectivity index (χ0) is 15.6. The Morgan fingerprint density at radius 2 is 1.52 bits per heavy atom. The maximum absolute atomic E-state index is 12.3. The van der Waals surface area contributed by atoms with Gasteiger partial charge in [-0.15, -0.1) is 0 Å². The minimum Gasteiger partial charge on any atom is -0.207 e. The van der Waals surface area contributed by atoms with Crippen LogP contribution >= 0.6 is 34.8 Å². The summed E-state index contributed by atoms with van der Waals surface area (Å²) in [6.45, 7) is 2.13. The van der Waals surface area contributed by atoms with E-state index in [1.165, 1.54) is 12.1 Å². The molecule has 0 fully saturated rings. The second kappa shape index (κ2) is 6.55. The van der Waals surface area contributed by atoms with Crippen LogP contribution in [0.15, 0.2) is 41.3 Å². The van der Waals surface area contributed by atoms with E-state index in [4.69, 9.17) is 34.8 Å². The van der Waals surface area contributed by atoms with Gasteiger partial charge in [0, 0.05) is 6.54 Å². The van der Waals surface area contributed by atoms with Gasteiger partial charge in [0.25, 0.3) is 0 Å². The summed E-state index contributed by atoms with van der Waals surface area (Å²) in [6.07, 6.45) is 0. The van der Waals surface area contributed by atoms with Gasteiger partial charge < -0.3 is 0 Å². The van der Waals surface area contributed by atoms with Gasteiger partial charge in [-0.05, 0) is 24.6 Å². The van der Waals surface area contributed by atoms with Crippen molar-refractivity contribution < 1.29 is 8.42 Å². The summed E-state index contributed by atoms with van der Waals surface area (Å²) in [7, 11) is -3.76. The van der Waals surface area contributed by atoms with Crippen molar-refractivity contribution >= 4 is 44.8 Å². The van der Waals surface area contributed by atoms with Crippen molar-refractivity contribution in [2.24, 2.45) is 0 Å². The highest BCUT2D eigenvalue weighted by molar-refractivity contribution is 7.89. The van der Waals surface area contributed by atoms with Crippen LogP contribution < -0.4 is 4.72 Å². The molecule has 0 atom stereocenters. The Morgan fingerprint density at radius 1 is 0.952 bits per heavy atom. The molecule has 0 radical (unpaired) electrons. The predicted molar refractivity (Wildman–Crippen MR) is 86.7 cm³/mol. The number of aryl methyl sites for hydroxylation is 1. The SMILES string of the molecule is Cc1ccc(CNS(=O)(=O)c2cc(Cl)c(Cl)cc2Cl)cc1. The second-order valence-electron chi connectivity index (χ2n) is 4.51. The minimum atomic E-state index is -3.76. The monoisotopic (exact) mass is 363 g/mol. The number of nitrogens with one attached hydrogen (secondary N) is 1. The van der Waals surface area contributed by atoms with E-state index in [1.807, 2.05) is 31.2 Å². The molecule has 2 aromatic carbocycles. The zero-order valence-electron chi connectivity index (χ0n) is 11.0. The summed E-state index contributed by atoms with van der Waals surface area (Å²) < 4.78 is 27.0. The van der Waals surface area contributed by atoms with E-state index in [2.05, 4.69) is 4.72 Å². The molecule has 0 aromatic heterocycles.